The van der Waals surface area contributed by atoms with Crippen LogP contribution in [0.15, 0.2) is 60.7 Å². The lowest BCUT2D eigenvalue weighted by atomic mass is 10.0. The molecule has 0 atom stereocenters. The van der Waals surface area contributed by atoms with Gasteiger partial charge in [-0.2, -0.15) is 0 Å². The van der Waals surface area contributed by atoms with E-state index in [1.54, 1.807) is 0 Å². The van der Waals surface area contributed by atoms with Crippen molar-refractivity contribution in [3.63, 3.8) is 0 Å². The number of benzene rings is 4. The van der Waals surface area contributed by atoms with Crippen LogP contribution in [0.3, 0.4) is 0 Å². The Morgan fingerprint density at radius 1 is 0.450 bits per heavy atom. The molecule has 4 aromatic rings. The predicted octanol–water partition coefficient (Wildman–Crippen LogP) is 6.15. The summed E-state index contributed by atoms with van der Waals surface area (Å²) in [6, 6.07) is 22.2. The number of hydrogen-bond acceptors (Lipinski definition) is 0. The highest BCUT2D eigenvalue weighted by molar-refractivity contribution is 6.32. The fraction of sp³-hybridized carbons (Fsp3) is 0.100. The van der Waals surface area contributed by atoms with E-state index in [4.69, 9.17) is 0 Å². The minimum Gasteiger partial charge on any atom is -0.0683 e. The second-order valence-electron chi connectivity index (χ2n) is 5.04. The molecular formula is C20H16. The Bertz CT molecular complexity index is 885. The van der Waals surface area contributed by atoms with Crippen molar-refractivity contribution in [1.82, 2.24) is 0 Å². The molecule has 0 saturated carbocycles. The third-order valence-electron chi connectivity index (χ3n) is 4.16. The van der Waals surface area contributed by atoms with Gasteiger partial charge in [0.15, 0.2) is 0 Å². The maximum atomic E-state index is 2.25. The molecule has 1 aliphatic carbocycles. The van der Waals surface area contributed by atoms with Gasteiger partial charge in [0.1, 0.15) is 0 Å². The van der Waals surface area contributed by atoms with Crippen molar-refractivity contribution >= 4 is 32.3 Å². The molecule has 0 heterocycles. The van der Waals surface area contributed by atoms with E-state index in [1.807, 2.05) is 13.8 Å². The van der Waals surface area contributed by atoms with E-state index in [2.05, 4.69) is 60.7 Å². The van der Waals surface area contributed by atoms with Crippen molar-refractivity contribution in [1.29, 1.82) is 0 Å². The molecular weight excluding hydrogens is 240 g/mol. The normalized spacial score (nSPS) is 11.5. The minimum absolute atomic E-state index is 1.35. The standard InChI is InChI=1S/C18H10.C2H6/c1-3-11-7-9-13-10-8-12-4-2-6-15-14(5-1)16(11)18(13)17(12)15;1-2/h1-10H;1-2H3. The van der Waals surface area contributed by atoms with E-state index in [-0.39, 0.29) is 0 Å². The van der Waals surface area contributed by atoms with Crippen LogP contribution in [0.2, 0.25) is 0 Å². The van der Waals surface area contributed by atoms with E-state index in [1.165, 1.54) is 43.4 Å². The lowest BCUT2D eigenvalue weighted by Crippen LogP contribution is -1.75. The first-order valence-corrected chi connectivity index (χ1v) is 7.31. The fourth-order valence-corrected chi connectivity index (χ4v) is 3.42. The van der Waals surface area contributed by atoms with Gasteiger partial charge in [0.05, 0.1) is 0 Å². The van der Waals surface area contributed by atoms with Gasteiger partial charge in [-0.05, 0) is 43.4 Å². The summed E-state index contributed by atoms with van der Waals surface area (Å²) in [6.45, 7) is 4.00. The number of fused-ring (bicyclic) bond motifs is 1. The highest BCUT2D eigenvalue weighted by atomic mass is 14.2. The van der Waals surface area contributed by atoms with Crippen LogP contribution < -0.4 is 0 Å². The number of hydrogen-bond donors (Lipinski definition) is 0. The highest BCUT2D eigenvalue weighted by Gasteiger charge is 2.18. The molecule has 0 aromatic heterocycles. The summed E-state index contributed by atoms with van der Waals surface area (Å²) < 4.78 is 0. The summed E-state index contributed by atoms with van der Waals surface area (Å²) in [4.78, 5) is 0. The topological polar surface area (TPSA) is 0 Å². The molecule has 0 nitrogen and oxygen atoms in total. The molecule has 0 unspecified atom stereocenters. The quantitative estimate of drug-likeness (QED) is 0.291. The second-order valence-corrected chi connectivity index (χ2v) is 5.04. The van der Waals surface area contributed by atoms with Crippen LogP contribution in [0.25, 0.3) is 43.4 Å². The molecule has 1 aliphatic rings. The smallest absolute Gasteiger partial charge is 0.00143 e. The van der Waals surface area contributed by atoms with Gasteiger partial charge in [-0.3, -0.25) is 0 Å². The molecule has 0 radical (unpaired) electrons. The van der Waals surface area contributed by atoms with Gasteiger partial charge in [-0.15, -0.1) is 0 Å². The van der Waals surface area contributed by atoms with Crippen LogP contribution in [0, 0.1) is 0 Å². The summed E-state index contributed by atoms with van der Waals surface area (Å²) in [7, 11) is 0. The first-order chi connectivity index (χ1) is 9.93. The molecule has 0 spiro atoms. The van der Waals surface area contributed by atoms with Gasteiger partial charge in [-0.25, -0.2) is 0 Å². The van der Waals surface area contributed by atoms with Crippen LogP contribution in [-0.4, -0.2) is 0 Å². The van der Waals surface area contributed by atoms with Crippen molar-refractivity contribution in [2.24, 2.45) is 0 Å². The summed E-state index contributed by atoms with van der Waals surface area (Å²) in [5.41, 5.74) is 2.79. The highest BCUT2D eigenvalue weighted by Crippen LogP contribution is 2.46. The molecule has 96 valence electrons. The van der Waals surface area contributed by atoms with Gasteiger partial charge in [0.2, 0.25) is 0 Å². The van der Waals surface area contributed by atoms with Gasteiger partial charge >= 0.3 is 0 Å². The van der Waals surface area contributed by atoms with Crippen LogP contribution in [0.4, 0.5) is 0 Å². The lowest BCUT2D eigenvalue weighted by Gasteiger charge is -2.02. The maximum Gasteiger partial charge on any atom is -0.00143 e. The third kappa shape index (κ3) is 1.26. The van der Waals surface area contributed by atoms with E-state index < -0.39 is 0 Å². The Morgan fingerprint density at radius 3 is 1.30 bits per heavy atom. The van der Waals surface area contributed by atoms with Crippen LogP contribution in [0.5, 0.6) is 0 Å². The SMILES string of the molecule is CC.c1cc2c3c(c1)ccc1ccc4cccc-2c4c13. The Labute approximate surface area is 118 Å². The molecule has 0 fully saturated rings. The van der Waals surface area contributed by atoms with Gasteiger partial charge in [0.25, 0.3) is 0 Å². The second kappa shape index (κ2) is 4.08. The molecule has 0 saturated heterocycles. The van der Waals surface area contributed by atoms with Gasteiger partial charge < -0.3 is 0 Å². The van der Waals surface area contributed by atoms with Crippen LogP contribution in [-0.2, 0) is 0 Å². The van der Waals surface area contributed by atoms with Gasteiger partial charge in [0, 0.05) is 0 Å². The molecule has 0 heteroatoms. The van der Waals surface area contributed by atoms with Crippen molar-refractivity contribution in [2.45, 2.75) is 13.8 Å². The average Bonchev–Trinajstić information content (AvgIpc) is 2.88. The Hall–Kier alpha value is -2.34. The Kier molecular flexibility index (Phi) is 2.34. The van der Waals surface area contributed by atoms with E-state index in [9.17, 15) is 0 Å². The van der Waals surface area contributed by atoms with Crippen molar-refractivity contribution in [3.05, 3.63) is 60.7 Å². The lowest BCUT2D eigenvalue weighted by molar-refractivity contribution is 1.50. The summed E-state index contributed by atoms with van der Waals surface area (Å²) in [6.07, 6.45) is 0. The molecule has 4 aromatic carbocycles. The minimum atomic E-state index is 1.35. The van der Waals surface area contributed by atoms with E-state index in [0.29, 0.717) is 0 Å². The van der Waals surface area contributed by atoms with E-state index >= 15 is 0 Å². The number of rotatable bonds is 0. The predicted molar refractivity (Wildman–Crippen MR) is 89.3 cm³/mol. The van der Waals surface area contributed by atoms with Crippen LogP contribution >= 0.6 is 0 Å². The molecule has 0 N–H and O–H groups in total. The summed E-state index contributed by atoms with van der Waals surface area (Å²) >= 11 is 0. The first-order valence-electron chi connectivity index (χ1n) is 7.31. The third-order valence-corrected chi connectivity index (χ3v) is 4.16. The van der Waals surface area contributed by atoms with Crippen molar-refractivity contribution in [3.8, 4) is 11.1 Å². The van der Waals surface area contributed by atoms with E-state index in [0.717, 1.165) is 0 Å². The maximum absolute atomic E-state index is 2.25. The van der Waals surface area contributed by atoms with Crippen LogP contribution in [0.1, 0.15) is 13.8 Å². The molecule has 0 aliphatic heterocycles. The monoisotopic (exact) mass is 256 g/mol. The first kappa shape index (κ1) is 11.5. The zero-order valence-electron chi connectivity index (χ0n) is 11.8. The Morgan fingerprint density at radius 2 is 0.850 bits per heavy atom. The van der Waals surface area contributed by atoms with Crippen molar-refractivity contribution in [2.75, 3.05) is 0 Å². The summed E-state index contributed by atoms with van der Waals surface area (Å²) in [5, 5.41) is 8.36. The summed E-state index contributed by atoms with van der Waals surface area (Å²) in [5.74, 6) is 0. The fourth-order valence-electron chi connectivity index (χ4n) is 3.42. The van der Waals surface area contributed by atoms with Gasteiger partial charge in [-0.1, -0.05) is 74.5 Å². The largest absolute Gasteiger partial charge is 0.0683 e. The molecule has 0 bridgehead atoms. The zero-order chi connectivity index (χ0) is 13.7. The molecule has 5 rings (SSSR count). The molecule has 20 heavy (non-hydrogen) atoms. The Balaban J connectivity index is 0.000000509. The molecule has 0 amide bonds. The zero-order valence-corrected chi connectivity index (χ0v) is 11.8. The average molecular weight is 256 g/mol. The van der Waals surface area contributed by atoms with Crippen molar-refractivity contribution < 1.29 is 0 Å².